The molecule has 1 aliphatic rings. The van der Waals surface area contributed by atoms with E-state index < -0.39 is 11.2 Å². The third-order valence-electron chi connectivity index (χ3n) is 4.52. The van der Waals surface area contributed by atoms with Crippen LogP contribution in [0.3, 0.4) is 0 Å². The summed E-state index contributed by atoms with van der Waals surface area (Å²) in [6.45, 7) is 0.166. The zero-order chi connectivity index (χ0) is 18.1. The predicted octanol–water partition coefficient (Wildman–Crippen LogP) is 2.36. The molecule has 0 saturated carbocycles. The number of hydrogen-bond acceptors (Lipinski definition) is 4. The zero-order valence-electron chi connectivity index (χ0n) is 14.0. The molecule has 2 N–H and O–H groups in total. The summed E-state index contributed by atoms with van der Waals surface area (Å²) >= 11 is 0. The summed E-state index contributed by atoms with van der Waals surface area (Å²) in [6, 6.07) is 17.0. The van der Waals surface area contributed by atoms with Crippen LogP contribution in [0, 0.1) is 0 Å². The van der Waals surface area contributed by atoms with Crippen LogP contribution in [0.2, 0.25) is 0 Å². The summed E-state index contributed by atoms with van der Waals surface area (Å²) in [4.78, 5) is 31.4. The fourth-order valence-corrected chi connectivity index (χ4v) is 3.20. The van der Waals surface area contributed by atoms with Gasteiger partial charge in [-0.05, 0) is 30.0 Å². The predicted molar refractivity (Wildman–Crippen MR) is 99.5 cm³/mol. The maximum atomic E-state index is 12.4. The molecule has 26 heavy (non-hydrogen) atoms. The Kier molecular flexibility index (Phi) is 4.01. The van der Waals surface area contributed by atoms with E-state index in [1.165, 1.54) is 0 Å². The number of hydrogen-bond donors (Lipinski definition) is 2. The molecule has 3 aromatic rings. The largest absolute Gasteiger partial charge is 0.494 e. The number of benzene rings is 2. The first-order valence-corrected chi connectivity index (χ1v) is 8.39. The van der Waals surface area contributed by atoms with E-state index in [-0.39, 0.29) is 18.0 Å². The Bertz CT molecular complexity index is 1110. The summed E-state index contributed by atoms with van der Waals surface area (Å²) in [5.74, 6) is -0.347. The van der Waals surface area contributed by atoms with Crippen molar-refractivity contribution in [1.29, 1.82) is 0 Å². The minimum Gasteiger partial charge on any atom is -0.494 e. The molecule has 0 fully saturated rings. The minimum absolute atomic E-state index is 0.0648. The van der Waals surface area contributed by atoms with Gasteiger partial charge in [0.1, 0.15) is 5.56 Å². The van der Waals surface area contributed by atoms with Gasteiger partial charge < -0.3 is 5.11 Å². The third kappa shape index (κ3) is 2.86. The highest BCUT2D eigenvalue weighted by Crippen LogP contribution is 2.28. The lowest BCUT2D eigenvalue weighted by atomic mass is 9.98. The number of fused-ring (bicyclic) bond motifs is 1. The van der Waals surface area contributed by atoms with Crippen molar-refractivity contribution in [1.82, 2.24) is 9.55 Å². The van der Waals surface area contributed by atoms with Crippen LogP contribution < -0.4 is 11.2 Å². The maximum Gasteiger partial charge on any atom is 0.331 e. The molecule has 0 aliphatic carbocycles. The summed E-state index contributed by atoms with van der Waals surface area (Å²) < 4.78 is 1.16. The van der Waals surface area contributed by atoms with Gasteiger partial charge in [0.05, 0.1) is 17.9 Å². The second-order valence-corrected chi connectivity index (χ2v) is 6.22. The van der Waals surface area contributed by atoms with E-state index in [0.29, 0.717) is 12.1 Å². The molecule has 1 aliphatic heterocycles. The molecule has 130 valence electrons. The molecule has 0 unspecified atom stereocenters. The molecular formula is C20H17N3O3. The molecule has 0 bridgehead atoms. The number of aromatic nitrogens is 2. The normalized spacial score (nSPS) is 13.2. The van der Waals surface area contributed by atoms with Crippen LogP contribution >= 0.6 is 0 Å². The highest BCUT2D eigenvalue weighted by atomic mass is 16.3. The van der Waals surface area contributed by atoms with Crippen LogP contribution in [-0.2, 0) is 13.0 Å². The van der Waals surface area contributed by atoms with Crippen molar-refractivity contribution in [2.24, 2.45) is 4.99 Å². The number of aromatic amines is 1. The number of nitrogens with zero attached hydrogens (tertiary/aromatic N) is 2. The smallest absolute Gasteiger partial charge is 0.331 e. The van der Waals surface area contributed by atoms with Crippen LogP contribution in [0.15, 0.2) is 69.2 Å². The van der Waals surface area contributed by atoms with Crippen LogP contribution in [0.5, 0.6) is 5.88 Å². The van der Waals surface area contributed by atoms with Crippen molar-refractivity contribution in [2.45, 2.75) is 19.4 Å². The van der Waals surface area contributed by atoms with E-state index in [1.54, 1.807) is 0 Å². The van der Waals surface area contributed by atoms with E-state index in [9.17, 15) is 14.7 Å². The van der Waals surface area contributed by atoms with Crippen LogP contribution in [-0.4, -0.2) is 20.4 Å². The zero-order valence-corrected chi connectivity index (χ0v) is 14.0. The summed E-state index contributed by atoms with van der Waals surface area (Å²) in [5, 5.41) is 10.7. The lowest BCUT2D eigenvalue weighted by Gasteiger charge is -2.17. The Labute approximate surface area is 149 Å². The number of para-hydroxylation sites is 1. The Morgan fingerprint density at radius 1 is 1.00 bits per heavy atom. The molecule has 4 rings (SSSR count). The summed E-state index contributed by atoms with van der Waals surface area (Å²) in [5.41, 5.74) is 2.03. The average Bonchev–Trinajstić information content (AvgIpc) is 2.66. The maximum absolute atomic E-state index is 12.4. The van der Waals surface area contributed by atoms with Crippen molar-refractivity contribution in [3.05, 3.63) is 92.1 Å². The Hall–Kier alpha value is -3.41. The minimum atomic E-state index is -0.642. The van der Waals surface area contributed by atoms with Crippen molar-refractivity contribution < 1.29 is 5.11 Å². The first-order valence-electron chi connectivity index (χ1n) is 8.39. The molecule has 2 aromatic carbocycles. The van der Waals surface area contributed by atoms with Crippen LogP contribution in [0.25, 0.3) is 0 Å². The SMILES string of the molecule is O=c1[nH]c(=O)n(Cc2ccccc2)c(O)c1C1=Nc2ccccc2CC1. The Morgan fingerprint density at radius 3 is 2.54 bits per heavy atom. The number of aryl methyl sites for hydroxylation is 1. The fourth-order valence-electron chi connectivity index (χ4n) is 3.20. The van der Waals surface area contributed by atoms with Gasteiger partial charge in [0.2, 0.25) is 5.88 Å². The third-order valence-corrected chi connectivity index (χ3v) is 4.52. The highest BCUT2D eigenvalue weighted by Gasteiger charge is 2.22. The molecule has 0 radical (unpaired) electrons. The molecule has 0 atom stereocenters. The van der Waals surface area contributed by atoms with Gasteiger partial charge in [0, 0.05) is 0 Å². The molecule has 0 saturated heterocycles. The molecule has 2 heterocycles. The van der Waals surface area contributed by atoms with Gasteiger partial charge in [-0.15, -0.1) is 0 Å². The molecule has 1 aromatic heterocycles. The van der Waals surface area contributed by atoms with Gasteiger partial charge >= 0.3 is 5.69 Å². The van der Waals surface area contributed by atoms with Gasteiger partial charge in [0.25, 0.3) is 5.56 Å². The Morgan fingerprint density at radius 2 is 1.73 bits per heavy atom. The highest BCUT2D eigenvalue weighted by molar-refractivity contribution is 6.04. The average molecular weight is 347 g/mol. The van der Waals surface area contributed by atoms with Gasteiger partial charge in [-0.2, -0.15) is 0 Å². The topological polar surface area (TPSA) is 87.5 Å². The van der Waals surface area contributed by atoms with E-state index in [4.69, 9.17) is 0 Å². The van der Waals surface area contributed by atoms with Gasteiger partial charge in [-0.1, -0.05) is 48.5 Å². The van der Waals surface area contributed by atoms with E-state index in [0.717, 1.165) is 27.8 Å². The first-order chi connectivity index (χ1) is 12.6. The molecule has 6 heteroatoms. The second kappa shape index (κ2) is 6.48. The lowest BCUT2D eigenvalue weighted by molar-refractivity contribution is 0.407. The van der Waals surface area contributed by atoms with E-state index in [2.05, 4.69) is 9.98 Å². The number of nitrogens with one attached hydrogen (secondary N) is 1. The molecule has 0 spiro atoms. The fraction of sp³-hybridized carbons (Fsp3) is 0.150. The van der Waals surface area contributed by atoms with Crippen molar-refractivity contribution >= 4 is 11.4 Å². The summed E-state index contributed by atoms with van der Waals surface area (Å²) in [7, 11) is 0. The summed E-state index contributed by atoms with van der Waals surface area (Å²) in [6.07, 6.45) is 1.25. The van der Waals surface area contributed by atoms with Crippen LogP contribution in [0.4, 0.5) is 5.69 Å². The number of rotatable bonds is 3. The monoisotopic (exact) mass is 347 g/mol. The van der Waals surface area contributed by atoms with Gasteiger partial charge in [-0.3, -0.25) is 19.3 Å². The lowest BCUT2D eigenvalue weighted by Crippen LogP contribution is -2.34. The van der Waals surface area contributed by atoms with E-state index in [1.807, 2.05) is 54.6 Å². The standard InChI is InChI=1S/C20H17N3O3/c24-18-17(16-11-10-14-8-4-5-9-15(14)21-16)19(25)23(20(26)22-18)12-13-6-2-1-3-7-13/h1-9,25H,10-12H2,(H,22,24,26). The van der Waals surface area contributed by atoms with Gasteiger partial charge in [-0.25, -0.2) is 4.79 Å². The van der Waals surface area contributed by atoms with E-state index >= 15 is 0 Å². The quantitative estimate of drug-likeness (QED) is 0.762. The number of aliphatic imine (C=N–C) groups is 1. The van der Waals surface area contributed by atoms with Crippen molar-refractivity contribution in [3.63, 3.8) is 0 Å². The number of aromatic hydroxyl groups is 1. The van der Waals surface area contributed by atoms with Crippen molar-refractivity contribution in [3.8, 4) is 5.88 Å². The van der Waals surface area contributed by atoms with Crippen molar-refractivity contribution in [2.75, 3.05) is 0 Å². The number of H-pyrrole nitrogens is 1. The molecule has 6 nitrogen and oxygen atoms in total. The Balaban J connectivity index is 1.83. The van der Waals surface area contributed by atoms with Gasteiger partial charge in [0.15, 0.2) is 0 Å². The molecular weight excluding hydrogens is 330 g/mol. The molecule has 0 amide bonds. The second-order valence-electron chi connectivity index (χ2n) is 6.22. The van der Waals surface area contributed by atoms with Crippen LogP contribution in [0.1, 0.15) is 23.1 Å². The first kappa shape index (κ1) is 16.1.